The van der Waals surface area contributed by atoms with Crippen molar-refractivity contribution in [3.63, 3.8) is 0 Å². The normalized spacial score (nSPS) is 10.8. The summed E-state index contributed by atoms with van der Waals surface area (Å²) in [6, 6.07) is 8.00. The van der Waals surface area contributed by atoms with Gasteiger partial charge in [0.05, 0.1) is 11.3 Å². The molecule has 0 saturated heterocycles. The summed E-state index contributed by atoms with van der Waals surface area (Å²) in [5.41, 5.74) is 8.90. The summed E-state index contributed by atoms with van der Waals surface area (Å²) >= 11 is 3.22. The monoisotopic (exact) mass is 303 g/mol. The van der Waals surface area contributed by atoms with Gasteiger partial charge in [0.2, 0.25) is 0 Å². The first-order valence-corrected chi connectivity index (χ1v) is 7.99. The van der Waals surface area contributed by atoms with E-state index in [0.29, 0.717) is 17.5 Å². The van der Waals surface area contributed by atoms with E-state index >= 15 is 0 Å². The van der Waals surface area contributed by atoms with Gasteiger partial charge >= 0.3 is 0 Å². The quantitative estimate of drug-likeness (QED) is 0.583. The summed E-state index contributed by atoms with van der Waals surface area (Å²) in [5, 5.41) is 7.97. The van der Waals surface area contributed by atoms with Crippen molar-refractivity contribution >= 4 is 28.8 Å². The number of aromatic nitrogens is 2. The highest BCUT2D eigenvalue weighted by molar-refractivity contribution is 7.98. The Kier molecular flexibility index (Phi) is 3.75. The minimum atomic E-state index is 0.568. The fraction of sp³-hybridized carbons (Fsp3) is 0.143. The van der Waals surface area contributed by atoms with Gasteiger partial charge in [0.25, 0.3) is 5.89 Å². The third-order valence-electron chi connectivity index (χ3n) is 2.76. The van der Waals surface area contributed by atoms with Crippen LogP contribution in [0.4, 0.5) is 5.69 Å². The van der Waals surface area contributed by atoms with Crippen molar-refractivity contribution in [3.8, 4) is 11.5 Å². The van der Waals surface area contributed by atoms with Gasteiger partial charge in [-0.05, 0) is 36.1 Å². The Bertz CT molecular complexity index is 707. The van der Waals surface area contributed by atoms with E-state index in [2.05, 4.69) is 10.1 Å². The van der Waals surface area contributed by atoms with Gasteiger partial charge in [0.1, 0.15) is 0 Å². The van der Waals surface area contributed by atoms with E-state index in [0.717, 1.165) is 21.7 Å². The van der Waals surface area contributed by atoms with Crippen molar-refractivity contribution < 1.29 is 4.52 Å². The zero-order chi connectivity index (χ0) is 13.9. The van der Waals surface area contributed by atoms with E-state index in [9.17, 15) is 0 Å². The third kappa shape index (κ3) is 2.86. The predicted molar refractivity (Wildman–Crippen MR) is 82.8 cm³/mol. The molecule has 6 heteroatoms. The number of anilines is 1. The average Bonchev–Trinajstić information content (AvgIpc) is 3.08. The molecule has 0 unspecified atom stereocenters. The van der Waals surface area contributed by atoms with Crippen LogP contribution in [0.5, 0.6) is 0 Å². The highest BCUT2D eigenvalue weighted by Gasteiger charge is 2.10. The van der Waals surface area contributed by atoms with E-state index in [1.807, 2.05) is 41.9 Å². The Morgan fingerprint density at radius 1 is 1.35 bits per heavy atom. The number of aryl methyl sites for hydroxylation is 1. The molecule has 4 nitrogen and oxygen atoms in total. The molecule has 0 bridgehead atoms. The maximum Gasteiger partial charge on any atom is 0.258 e. The maximum absolute atomic E-state index is 5.98. The predicted octanol–water partition coefficient (Wildman–Crippen LogP) is 3.98. The molecule has 0 saturated carbocycles. The molecule has 2 heterocycles. The van der Waals surface area contributed by atoms with Gasteiger partial charge in [-0.3, -0.25) is 0 Å². The minimum absolute atomic E-state index is 0.568. The molecule has 0 aliphatic rings. The smallest absolute Gasteiger partial charge is 0.258 e. The number of rotatable bonds is 4. The Hall–Kier alpha value is -1.79. The summed E-state index contributed by atoms with van der Waals surface area (Å²) in [4.78, 5) is 5.42. The second-order valence-corrected chi connectivity index (χ2v) is 6.15. The molecule has 2 N–H and O–H groups in total. The molecule has 0 amide bonds. The summed E-state index contributed by atoms with van der Waals surface area (Å²) in [7, 11) is 0. The second-order valence-electron chi connectivity index (χ2n) is 4.36. The zero-order valence-corrected chi connectivity index (χ0v) is 12.5. The molecule has 0 aliphatic heterocycles. The highest BCUT2D eigenvalue weighted by atomic mass is 32.2. The van der Waals surface area contributed by atoms with Gasteiger partial charge in [-0.25, -0.2) is 0 Å². The summed E-state index contributed by atoms with van der Waals surface area (Å²) in [6.07, 6.45) is 0. The average molecular weight is 303 g/mol. The van der Waals surface area contributed by atoms with Crippen LogP contribution in [-0.2, 0) is 5.75 Å². The van der Waals surface area contributed by atoms with Crippen LogP contribution in [0, 0.1) is 6.92 Å². The standard InChI is InChI=1S/C14H13N3OS2/c1-9-2-3-12(11(15)6-9)20-8-13-16-14(18-17-13)10-4-5-19-7-10/h2-7H,8,15H2,1H3. The number of thioether (sulfide) groups is 1. The molecule has 0 fully saturated rings. The Morgan fingerprint density at radius 2 is 2.25 bits per heavy atom. The summed E-state index contributed by atoms with van der Waals surface area (Å²) in [6.45, 7) is 2.02. The molecular weight excluding hydrogens is 290 g/mol. The van der Waals surface area contributed by atoms with Gasteiger partial charge in [0, 0.05) is 16.0 Å². The Labute approximate surface area is 125 Å². The Balaban J connectivity index is 1.70. The van der Waals surface area contributed by atoms with Crippen LogP contribution in [0.3, 0.4) is 0 Å². The molecule has 2 aromatic heterocycles. The summed E-state index contributed by atoms with van der Waals surface area (Å²) in [5.74, 6) is 1.89. The van der Waals surface area contributed by atoms with Crippen LogP contribution in [0.25, 0.3) is 11.5 Å². The first kappa shape index (κ1) is 13.2. The molecule has 20 heavy (non-hydrogen) atoms. The van der Waals surface area contributed by atoms with Gasteiger partial charge < -0.3 is 10.3 Å². The lowest BCUT2D eigenvalue weighted by Crippen LogP contribution is -1.90. The number of hydrogen-bond donors (Lipinski definition) is 1. The van der Waals surface area contributed by atoms with E-state index in [4.69, 9.17) is 10.3 Å². The SMILES string of the molecule is Cc1ccc(SCc2noc(-c3ccsc3)n2)c(N)c1. The van der Waals surface area contributed by atoms with Crippen LogP contribution in [0.1, 0.15) is 11.4 Å². The van der Waals surface area contributed by atoms with Crippen LogP contribution in [-0.4, -0.2) is 10.1 Å². The van der Waals surface area contributed by atoms with E-state index in [1.165, 1.54) is 0 Å². The Morgan fingerprint density at radius 3 is 3.00 bits per heavy atom. The molecule has 1 aromatic carbocycles. The lowest BCUT2D eigenvalue weighted by atomic mass is 10.2. The van der Waals surface area contributed by atoms with E-state index < -0.39 is 0 Å². The van der Waals surface area contributed by atoms with Crippen LogP contribution in [0.15, 0.2) is 44.4 Å². The van der Waals surface area contributed by atoms with Crippen LogP contribution >= 0.6 is 23.1 Å². The van der Waals surface area contributed by atoms with Crippen molar-refractivity contribution in [1.29, 1.82) is 0 Å². The van der Waals surface area contributed by atoms with Crippen LogP contribution < -0.4 is 5.73 Å². The number of benzene rings is 1. The van der Waals surface area contributed by atoms with E-state index in [1.54, 1.807) is 23.1 Å². The van der Waals surface area contributed by atoms with Crippen molar-refractivity contribution in [1.82, 2.24) is 10.1 Å². The van der Waals surface area contributed by atoms with Crippen molar-refractivity contribution in [2.45, 2.75) is 17.6 Å². The fourth-order valence-electron chi connectivity index (χ4n) is 1.76. The summed E-state index contributed by atoms with van der Waals surface area (Å²) < 4.78 is 5.25. The first-order chi connectivity index (χ1) is 9.72. The lowest BCUT2D eigenvalue weighted by Gasteiger charge is -2.04. The topological polar surface area (TPSA) is 64.9 Å². The van der Waals surface area contributed by atoms with Crippen molar-refractivity contribution in [2.24, 2.45) is 0 Å². The minimum Gasteiger partial charge on any atom is -0.398 e. The van der Waals surface area contributed by atoms with Crippen molar-refractivity contribution in [3.05, 3.63) is 46.4 Å². The van der Waals surface area contributed by atoms with Gasteiger partial charge in [-0.1, -0.05) is 11.2 Å². The number of thiophene rings is 1. The molecule has 0 atom stereocenters. The molecule has 3 aromatic rings. The van der Waals surface area contributed by atoms with Gasteiger partial charge in [0.15, 0.2) is 5.82 Å². The lowest BCUT2D eigenvalue weighted by molar-refractivity contribution is 0.425. The molecule has 3 rings (SSSR count). The zero-order valence-electron chi connectivity index (χ0n) is 10.9. The van der Waals surface area contributed by atoms with Crippen LogP contribution in [0.2, 0.25) is 0 Å². The highest BCUT2D eigenvalue weighted by Crippen LogP contribution is 2.29. The molecule has 0 spiro atoms. The number of hydrogen-bond acceptors (Lipinski definition) is 6. The first-order valence-electron chi connectivity index (χ1n) is 6.06. The number of nitrogen functional groups attached to an aromatic ring is 1. The maximum atomic E-state index is 5.98. The second kappa shape index (κ2) is 5.68. The largest absolute Gasteiger partial charge is 0.398 e. The molecular formula is C14H13N3OS2. The third-order valence-corrected chi connectivity index (χ3v) is 4.53. The fourth-order valence-corrected chi connectivity index (χ4v) is 3.18. The molecule has 0 aliphatic carbocycles. The van der Waals surface area contributed by atoms with Crippen molar-refractivity contribution in [2.75, 3.05) is 5.73 Å². The molecule has 0 radical (unpaired) electrons. The van der Waals surface area contributed by atoms with Gasteiger partial charge in [-0.15, -0.1) is 11.8 Å². The van der Waals surface area contributed by atoms with Gasteiger partial charge in [-0.2, -0.15) is 16.3 Å². The molecule has 102 valence electrons. The number of nitrogens with two attached hydrogens (primary N) is 1. The van der Waals surface area contributed by atoms with E-state index in [-0.39, 0.29) is 0 Å². The number of nitrogens with zero attached hydrogens (tertiary/aromatic N) is 2.